The molecule has 10 atom stereocenters. The molecule has 7 nitrogen and oxygen atoms in total. The zero-order valence-corrected chi connectivity index (χ0v) is 29.2. The molecule has 1 saturated heterocycles. The van der Waals surface area contributed by atoms with Crippen molar-refractivity contribution in [2.24, 2.45) is 29.1 Å². The molecule has 8 heteroatoms. The van der Waals surface area contributed by atoms with Crippen LogP contribution in [-0.4, -0.2) is 74.1 Å². The number of ketones is 1. The first-order valence-electron chi connectivity index (χ1n) is 14.9. The maximum atomic E-state index is 13.9. The molecule has 0 amide bonds. The van der Waals surface area contributed by atoms with Gasteiger partial charge in [0.05, 0.1) is 17.8 Å². The van der Waals surface area contributed by atoms with E-state index in [1.54, 1.807) is 14.0 Å². The average Bonchev–Trinajstić information content (AvgIpc) is 2.89. The third-order valence-electron chi connectivity index (χ3n) is 9.41. The predicted molar refractivity (Wildman–Crippen MR) is 157 cm³/mol. The Kier molecular flexibility index (Phi) is 16.8. The second kappa shape index (κ2) is 17.0. The molecule has 1 radical (unpaired) electrons. The molecule has 1 aliphatic rings. The molecule has 0 N–H and O–H groups in total. The molecule has 233 valence electrons. The molecule has 0 aromatic rings. The van der Waals surface area contributed by atoms with Crippen LogP contribution in [-0.2, 0) is 47.1 Å². The van der Waals surface area contributed by atoms with Gasteiger partial charge >= 0.3 is 24.5 Å². The quantitative estimate of drug-likeness (QED) is 0.119. The van der Waals surface area contributed by atoms with Gasteiger partial charge in [-0.3, -0.25) is 9.59 Å². The molecule has 0 spiro atoms. The van der Waals surface area contributed by atoms with Gasteiger partial charge in [-0.15, -0.1) is 6.42 Å². The fraction of sp³-hybridized carbons (Fsp3) is 0.875. The second-order valence-corrected chi connectivity index (χ2v) is 12.8. The molecule has 0 saturated carbocycles. The van der Waals surface area contributed by atoms with Crippen LogP contribution in [0.25, 0.3) is 0 Å². The summed E-state index contributed by atoms with van der Waals surface area (Å²) in [6, 6.07) is 0.280. The molecular weight excluding hydrogens is 545 g/mol. The van der Waals surface area contributed by atoms with E-state index in [-0.39, 0.29) is 59.8 Å². The molecule has 40 heavy (non-hydrogen) atoms. The maximum absolute atomic E-state index is 13.9. The van der Waals surface area contributed by atoms with Gasteiger partial charge in [0.1, 0.15) is 12.0 Å². The summed E-state index contributed by atoms with van der Waals surface area (Å²) >= 11 is 0. The van der Waals surface area contributed by atoms with Crippen molar-refractivity contribution in [2.75, 3.05) is 21.2 Å². The van der Waals surface area contributed by atoms with Crippen molar-refractivity contribution in [1.82, 2.24) is 4.90 Å². The van der Waals surface area contributed by atoms with Crippen LogP contribution in [0.4, 0.5) is 0 Å². The maximum Gasteiger partial charge on any atom is 2.00 e. The minimum atomic E-state index is -0.929. The normalized spacial score (nSPS) is 27.1. The molecule has 1 aliphatic heterocycles. The van der Waals surface area contributed by atoms with Crippen molar-refractivity contribution < 1.29 is 47.1 Å². The average molecular weight is 605 g/mol. The number of rotatable bonds is 16. The summed E-state index contributed by atoms with van der Waals surface area (Å²) in [7, 11) is 5.79. The Hall–Kier alpha value is -0.436. The Labute approximate surface area is 258 Å². The first-order valence-corrected chi connectivity index (χ1v) is 14.9. The van der Waals surface area contributed by atoms with Crippen LogP contribution in [0, 0.1) is 41.9 Å². The van der Waals surface area contributed by atoms with E-state index in [1.807, 2.05) is 41.0 Å². The zero-order chi connectivity index (χ0) is 30.3. The Bertz CT molecular complexity index is 777. The van der Waals surface area contributed by atoms with Crippen molar-refractivity contribution in [3.05, 3.63) is 12.8 Å². The number of carbonyl (C=O) groups is 2. The van der Waals surface area contributed by atoms with Crippen LogP contribution >= 0.6 is 0 Å². The fourth-order valence-electron chi connectivity index (χ4n) is 6.02. The molecular formula is C32H59NO6V. The Morgan fingerprint density at radius 2 is 1.68 bits per heavy atom. The Morgan fingerprint density at radius 1 is 1.10 bits per heavy atom. The molecule has 0 aromatic carbocycles. The Balaban J connectivity index is 0.0000152. The Morgan fingerprint density at radius 3 is 2.12 bits per heavy atom. The predicted octanol–water partition coefficient (Wildman–Crippen LogP) is 6.14. The van der Waals surface area contributed by atoms with Gasteiger partial charge in [0.25, 0.3) is 0 Å². The van der Waals surface area contributed by atoms with Crippen LogP contribution < -0.4 is 0 Å². The molecule has 1 fully saturated rings. The summed E-state index contributed by atoms with van der Waals surface area (Å²) in [5.41, 5.74) is -1.04. The van der Waals surface area contributed by atoms with E-state index in [9.17, 15) is 9.59 Å². The largest absolute Gasteiger partial charge is 2.00 e. The summed E-state index contributed by atoms with van der Waals surface area (Å²) in [4.78, 5) is 29.4. The third kappa shape index (κ3) is 9.54. The molecule has 0 aromatic heterocycles. The molecule has 0 bridgehead atoms. The van der Waals surface area contributed by atoms with Crippen molar-refractivity contribution >= 4 is 11.8 Å². The zero-order valence-electron chi connectivity index (χ0n) is 27.8. The van der Waals surface area contributed by atoms with Gasteiger partial charge in [-0.2, -0.15) is 19.8 Å². The van der Waals surface area contributed by atoms with Crippen LogP contribution in [0.3, 0.4) is 0 Å². The number of ether oxygens (including phenoxy) is 4. The number of methoxy groups -OCH3 is 1. The fourth-order valence-corrected chi connectivity index (χ4v) is 6.02. The summed E-state index contributed by atoms with van der Waals surface area (Å²) in [6.45, 7) is 22.0. The van der Waals surface area contributed by atoms with Gasteiger partial charge in [-0.25, -0.2) is 0 Å². The van der Waals surface area contributed by atoms with Gasteiger partial charge in [0, 0.05) is 25.0 Å². The second-order valence-electron chi connectivity index (χ2n) is 12.8. The number of hydrogen-bond donors (Lipinski definition) is 0. The van der Waals surface area contributed by atoms with Crippen LogP contribution in [0.1, 0.15) is 95.4 Å². The van der Waals surface area contributed by atoms with Gasteiger partial charge in [-0.1, -0.05) is 41.5 Å². The van der Waals surface area contributed by atoms with E-state index in [0.29, 0.717) is 12.8 Å². The number of carbonyl (C=O) groups excluding carboxylic acids is 2. The summed E-state index contributed by atoms with van der Waals surface area (Å²) in [6.07, 6.45) is 4.89. The first kappa shape index (κ1) is 39.6. The monoisotopic (exact) mass is 604 g/mol. The van der Waals surface area contributed by atoms with Crippen molar-refractivity contribution in [3.8, 4) is 0 Å². The summed E-state index contributed by atoms with van der Waals surface area (Å²) in [5.74, 6) is -1.93. The molecule has 0 aliphatic carbocycles. The van der Waals surface area contributed by atoms with Gasteiger partial charge in [0.2, 0.25) is 0 Å². The van der Waals surface area contributed by atoms with Crippen molar-refractivity contribution in [2.45, 2.75) is 132 Å². The van der Waals surface area contributed by atoms with Crippen LogP contribution in [0.2, 0.25) is 0 Å². The van der Waals surface area contributed by atoms with Gasteiger partial charge in [0.15, 0.2) is 12.1 Å². The number of esters is 1. The number of Topliss-reactive ketones (excluding diaryl/α,β-unsaturated/α-hetero) is 1. The van der Waals surface area contributed by atoms with Crippen LogP contribution in [0.5, 0.6) is 0 Å². The van der Waals surface area contributed by atoms with Crippen molar-refractivity contribution in [1.29, 1.82) is 0 Å². The van der Waals surface area contributed by atoms with Gasteiger partial charge in [-0.05, 0) is 53.1 Å². The third-order valence-corrected chi connectivity index (χ3v) is 9.41. The first-order chi connectivity index (χ1) is 18.0. The minimum Gasteiger partial charge on any atom is -0.461 e. The molecule has 0 unspecified atom stereocenters. The summed E-state index contributed by atoms with van der Waals surface area (Å²) in [5, 5.41) is 0. The minimum absolute atomic E-state index is 0. The SMILES string of the molecule is C[CH-]C[C@](C)(OC)[C@H](O[C@@H]1O[C@H](C)C[C@H](N(C)C)[C@H]1C)[C@@H](C)C(=O)[C@@H](C)C(=O)O[C@H](CC)C(C)(C)[C@H](C)[CH-]C.[V+2]. The van der Waals surface area contributed by atoms with Crippen LogP contribution in [0.15, 0.2) is 0 Å². The molecule has 1 rings (SSSR count). The number of nitrogens with zero attached hydrogens (tertiary/aromatic N) is 1. The van der Waals surface area contributed by atoms with Crippen molar-refractivity contribution in [3.63, 3.8) is 0 Å². The number of hydrogen-bond acceptors (Lipinski definition) is 7. The topological polar surface area (TPSA) is 74.3 Å². The standard InChI is InChI=1S/C32H59NO6.V/c1-15-18-32(11,36-14)28(39-30-22(6)25(33(12)13)19-21(5)37-30)23(7)27(34)24(8)29(35)38-26(17-3)31(9,10)20(4)16-2;/h15-16,20-26,28,30H,17-19H2,1-14H3;/q-2;+2/t20-,21-,22-,23+,24-,25+,26-,28-,30+,32+;/m1./s1. The smallest absolute Gasteiger partial charge is 0.461 e. The van der Waals surface area contributed by atoms with Gasteiger partial charge < -0.3 is 36.7 Å². The molecule has 1 heterocycles. The van der Waals surface area contributed by atoms with E-state index < -0.39 is 35.8 Å². The summed E-state index contributed by atoms with van der Waals surface area (Å²) < 4.78 is 25.0. The van der Waals surface area contributed by atoms with E-state index in [4.69, 9.17) is 18.9 Å². The van der Waals surface area contributed by atoms with E-state index in [0.717, 1.165) is 6.42 Å². The van der Waals surface area contributed by atoms with E-state index >= 15 is 0 Å². The van der Waals surface area contributed by atoms with E-state index in [2.05, 4.69) is 60.0 Å². The van der Waals surface area contributed by atoms with E-state index in [1.165, 1.54) is 0 Å².